The van der Waals surface area contributed by atoms with Crippen LogP contribution in [0.1, 0.15) is 12.0 Å². The maximum Gasteiger partial charge on any atom is 0.328 e. The molecule has 0 saturated carbocycles. The van der Waals surface area contributed by atoms with E-state index in [2.05, 4.69) is 12.6 Å². The molecule has 0 radical (unpaired) electrons. The summed E-state index contributed by atoms with van der Waals surface area (Å²) in [7, 11) is 0. The Hall–Kier alpha value is -2.02. The van der Waals surface area contributed by atoms with Crippen molar-refractivity contribution in [1.29, 1.82) is 0 Å². The summed E-state index contributed by atoms with van der Waals surface area (Å²) in [5.74, 6) is -1.55. The molecule has 0 aromatic heterocycles. The molecular weight excluding hydrogens is 292 g/mol. The molecule has 1 fully saturated rings. The van der Waals surface area contributed by atoms with Gasteiger partial charge in [-0.05, 0) is 18.4 Å². The Morgan fingerprint density at radius 3 is 2.57 bits per heavy atom. The largest absolute Gasteiger partial charge is 0.480 e. The van der Waals surface area contributed by atoms with E-state index in [-0.39, 0.29) is 6.54 Å². The van der Waals surface area contributed by atoms with Crippen LogP contribution in [-0.4, -0.2) is 51.3 Å². The number of carboxylic acid groups (broad SMARTS) is 1. The Labute approximate surface area is 127 Å². The summed E-state index contributed by atoms with van der Waals surface area (Å²) >= 11 is 4.32. The summed E-state index contributed by atoms with van der Waals surface area (Å²) in [6.07, 6.45) is 1.20. The molecule has 2 rings (SSSR count). The minimum Gasteiger partial charge on any atom is -0.480 e. The van der Waals surface area contributed by atoms with Gasteiger partial charge in [0.2, 0.25) is 0 Å². The fraction of sp³-hybridized carbons (Fsp3) is 0.357. The van der Waals surface area contributed by atoms with E-state index >= 15 is 0 Å². The Morgan fingerprint density at radius 2 is 1.95 bits per heavy atom. The van der Waals surface area contributed by atoms with Crippen molar-refractivity contribution in [1.82, 2.24) is 9.80 Å². The van der Waals surface area contributed by atoms with E-state index in [4.69, 9.17) is 5.11 Å². The number of urea groups is 1. The predicted octanol–water partition coefficient (Wildman–Crippen LogP) is 1.22. The first kappa shape index (κ1) is 15.4. The first-order valence-corrected chi connectivity index (χ1v) is 7.05. The fourth-order valence-corrected chi connectivity index (χ4v) is 2.57. The van der Waals surface area contributed by atoms with E-state index in [1.807, 2.05) is 30.3 Å². The van der Waals surface area contributed by atoms with Crippen LogP contribution in [0.5, 0.6) is 0 Å². The zero-order valence-electron chi connectivity index (χ0n) is 11.3. The van der Waals surface area contributed by atoms with Gasteiger partial charge in [0.05, 0.1) is 5.37 Å². The van der Waals surface area contributed by atoms with Gasteiger partial charge < -0.3 is 10.0 Å². The molecule has 1 aromatic rings. The van der Waals surface area contributed by atoms with Crippen LogP contribution in [0.2, 0.25) is 0 Å². The van der Waals surface area contributed by atoms with Crippen LogP contribution in [0.4, 0.5) is 4.79 Å². The van der Waals surface area contributed by atoms with Crippen molar-refractivity contribution in [2.24, 2.45) is 0 Å². The molecule has 1 aliphatic heterocycles. The van der Waals surface area contributed by atoms with Crippen molar-refractivity contribution in [2.45, 2.75) is 18.2 Å². The minimum absolute atomic E-state index is 0.201. The van der Waals surface area contributed by atoms with Crippen molar-refractivity contribution in [2.75, 3.05) is 13.1 Å². The molecule has 21 heavy (non-hydrogen) atoms. The number of aryl methyl sites for hydroxylation is 1. The molecule has 0 bridgehead atoms. The highest BCUT2D eigenvalue weighted by Crippen LogP contribution is 2.20. The summed E-state index contributed by atoms with van der Waals surface area (Å²) in [5, 5.41) is 8.16. The Balaban J connectivity index is 1.95. The van der Waals surface area contributed by atoms with Crippen molar-refractivity contribution in [3.05, 3.63) is 35.9 Å². The van der Waals surface area contributed by atoms with E-state index in [9.17, 15) is 14.4 Å². The predicted molar refractivity (Wildman–Crippen MR) is 79.0 cm³/mol. The van der Waals surface area contributed by atoms with Gasteiger partial charge in [-0.3, -0.25) is 14.5 Å². The molecule has 1 saturated heterocycles. The number of rotatable bonds is 6. The first-order valence-electron chi connectivity index (χ1n) is 6.54. The molecular formula is C14H16N2O4S. The van der Waals surface area contributed by atoms with Crippen LogP contribution >= 0.6 is 12.6 Å². The molecule has 6 nitrogen and oxygen atoms in total. The zero-order valence-corrected chi connectivity index (χ0v) is 12.2. The molecule has 1 aliphatic rings. The third kappa shape index (κ3) is 3.75. The van der Waals surface area contributed by atoms with E-state index in [1.54, 1.807) is 0 Å². The van der Waals surface area contributed by atoms with Crippen molar-refractivity contribution in [3.8, 4) is 0 Å². The van der Waals surface area contributed by atoms with Gasteiger partial charge in [0.15, 0.2) is 0 Å². The summed E-state index contributed by atoms with van der Waals surface area (Å²) in [5.41, 5.74) is 1.10. The molecule has 1 heterocycles. The molecule has 1 unspecified atom stereocenters. The lowest BCUT2D eigenvalue weighted by Crippen LogP contribution is -2.40. The van der Waals surface area contributed by atoms with Gasteiger partial charge in [-0.2, -0.15) is 12.6 Å². The standard InChI is InChI=1S/C14H16N2O4S/c17-11-8-15(9-13(18)19)14(20)16(11)12(21)7-6-10-4-2-1-3-5-10/h1-5,12,21H,6-9H2,(H,18,19). The zero-order chi connectivity index (χ0) is 15.4. The lowest BCUT2D eigenvalue weighted by molar-refractivity contribution is -0.137. The molecule has 0 spiro atoms. The molecule has 1 aromatic carbocycles. The topological polar surface area (TPSA) is 77.9 Å². The van der Waals surface area contributed by atoms with Crippen LogP contribution in [0, 0.1) is 0 Å². The van der Waals surface area contributed by atoms with Gasteiger partial charge in [-0.1, -0.05) is 30.3 Å². The number of aliphatic carboxylic acids is 1. The van der Waals surface area contributed by atoms with Crippen LogP contribution in [0.25, 0.3) is 0 Å². The van der Waals surface area contributed by atoms with Crippen LogP contribution in [0.3, 0.4) is 0 Å². The van der Waals surface area contributed by atoms with Crippen molar-refractivity contribution in [3.63, 3.8) is 0 Å². The highest BCUT2D eigenvalue weighted by molar-refractivity contribution is 7.80. The highest BCUT2D eigenvalue weighted by Gasteiger charge is 2.39. The van der Waals surface area contributed by atoms with E-state index in [0.29, 0.717) is 12.8 Å². The second-order valence-corrected chi connectivity index (χ2v) is 5.40. The maximum atomic E-state index is 12.0. The number of thiol groups is 1. The SMILES string of the molecule is O=C(O)CN1CC(=O)N(C(S)CCc2ccccc2)C1=O. The summed E-state index contributed by atoms with van der Waals surface area (Å²) < 4.78 is 0. The van der Waals surface area contributed by atoms with E-state index in [1.165, 1.54) is 0 Å². The van der Waals surface area contributed by atoms with E-state index in [0.717, 1.165) is 15.4 Å². The molecule has 112 valence electrons. The second kappa shape index (κ2) is 6.62. The average Bonchev–Trinajstić information content (AvgIpc) is 2.71. The Kier molecular flexibility index (Phi) is 4.85. The third-order valence-electron chi connectivity index (χ3n) is 3.23. The number of hydrogen-bond acceptors (Lipinski definition) is 4. The molecule has 7 heteroatoms. The van der Waals surface area contributed by atoms with Gasteiger partial charge in [-0.25, -0.2) is 4.79 Å². The average molecular weight is 308 g/mol. The minimum atomic E-state index is -1.14. The monoisotopic (exact) mass is 308 g/mol. The molecule has 1 atom stereocenters. The highest BCUT2D eigenvalue weighted by atomic mass is 32.1. The maximum absolute atomic E-state index is 12.0. The summed E-state index contributed by atoms with van der Waals surface area (Å²) in [6.45, 7) is -0.673. The van der Waals surface area contributed by atoms with Crippen LogP contribution in [-0.2, 0) is 16.0 Å². The van der Waals surface area contributed by atoms with Crippen LogP contribution < -0.4 is 0 Å². The van der Waals surface area contributed by atoms with Gasteiger partial charge in [0.25, 0.3) is 5.91 Å². The smallest absolute Gasteiger partial charge is 0.328 e. The summed E-state index contributed by atoms with van der Waals surface area (Å²) in [4.78, 5) is 36.6. The number of benzene rings is 1. The number of imide groups is 1. The number of carbonyl (C=O) groups excluding carboxylic acids is 2. The normalized spacial score (nSPS) is 16.4. The number of amides is 3. The Bertz CT molecular complexity index is 549. The molecule has 1 N–H and O–H groups in total. The van der Waals surface area contributed by atoms with Gasteiger partial charge in [0.1, 0.15) is 13.1 Å². The first-order chi connectivity index (χ1) is 9.99. The van der Waals surface area contributed by atoms with Gasteiger partial charge in [-0.15, -0.1) is 0 Å². The molecule has 0 aliphatic carbocycles. The number of carboxylic acids is 1. The van der Waals surface area contributed by atoms with Crippen LogP contribution in [0.15, 0.2) is 30.3 Å². The summed E-state index contributed by atoms with van der Waals surface area (Å²) in [6, 6.07) is 9.09. The van der Waals surface area contributed by atoms with Gasteiger partial charge >= 0.3 is 12.0 Å². The number of nitrogens with zero attached hydrogens (tertiary/aromatic N) is 2. The second-order valence-electron chi connectivity index (χ2n) is 4.80. The van der Waals surface area contributed by atoms with Crippen molar-refractivity contribution >= 4 is 30.5 Å². The number of hydrogen-bond donors (Lipinski definition) is 2. The fourth-order valence-electron chi connectivity index (χ4n) is 2.22. The third-order valence-corrected chi connectivity index (χ3v) is 3.72. The number of carbonyl (C=O) groups is 3. The lowest BCUT2D eigenvalue weighted by Gasteiger charge is -2.21. The Morgan fingerprint density at radius 1 is 1.29 bits per heavy atom. The lowest BCUT2D eigenvalue weighted by atomic mass is 10.1. The van der Waals surface area contributed by atoms with Crippen molar-refractivity contribution < 1.29 is 19.5 Å². The quantitative estimate of drug-likeness (QED) is 0.612. The van der Waals surface area contributed by atoms with Gasteiger partial charge in [0, 0.05) is 0 Å². The van der Waals surface area contributed by atoms with E-state index < -0.39 is 29.8 Å². The molecule has 3 amide bonds.